The normalized spacial score (nSPS) is 16.4. The van der Waals surface area contributed by atoms with E-state index in [0.717, 1.165) is 11.1 Å². The van der Waals surface area contributed by atoms with E-state index >= 15 is 0 Å². The number of ether oxygens (including phenoxy) is 1. The predicted octanol–water partition coefficient (Wildman–Crippen LogP) is 6.29. The van der Waals surface area contributed by atoms with Gasteiger partial charge < -0.3 is 19.4 Å². The van der Waals surface area contributed by atoms with E-state index in [0.29, 0.717) is 28.7 Å². The van der Waals surface area contributed by atoms with Gasteiger partial charge in [-0.05, 0) is 74.7 Å². The van der Waals surface area contributed by atoms with Crippen LogP contribution in [0.3, 0.4) is 0 Å². The number of hydrogen-bond acceptors (Lipinski definition) is 3. The van der Waals surface area contributed by atoms with Crippen molar-refractivity contribution in [3.05, 3.63) is 69.0 Å². The standard InChI is InChI=1S/C25H30Cl2FN3O3/c1-16-12-19(28)7-8-20(16)22-15-30(24(33)34-25(2,3)4)10-11-31(22)23(32)29(5)14-17-13-18(26)6-9-21(17)27/h6-9,12-13,22H,10-11,14-15H2,1-5H3/t22-/m1/s1. The monoisotopic (exact) mass is 509 g/mol. The van der Waals surface area contributed by atoms with Gasteiger partial charge in [0.25, 0.3) is 0 Å². The molecule has 9 heteroatoms. The molecule has 0 spiro atoms. The quantitative estimate of drug-likeness (QED) is 0.488. The van der Waals surface area contributed by atoms with Gasteiger partial charge >= 0.3 is 12.1 Å². The zero-order valence-corrected chi connectivity index (χ0v) is 21.6. The first-order valence-corrected chi connectivity index (χ1v) is 11.8. The lowest BCUT2D eigenvalue weighted by Crippen LogP contribution is -2.55. The third-order valence-corrected chi connectivity index (χ3v) is 6.21. The molecule has 0 saturated carbocycles. The highest BCUT2D eigenvalue weighted by atomic mass is 35.5. The number of benzene rings is 2. The van der Waals surface area contributed by atoms with Crippen molar-refractivity contribution in [3.8, 4) is 0 Å². The number of piperazine rings is 1. The van der Waals surface area contributed by atoms with Crippen LogP contribution in [-0.4, -0.2) is 59.1 Å². The first-order chi connectivity index (χ1) is 15.9. The molecule has 3 rings (SSSR count). The Morgan fingerprint density at radius 1 is 1.15 bits per heavy atom. The molecule has 6 nitrogen and oxygen atoms in total. The Morgan fingerprint density at radius 3 is 2.50 bits per heavy atom. The molecule has 0 aliphatic carbocycles. The van der Waals surface area contributed by atoms with Gasteiger partial charge in [0.1, 0.15) is 11.4 Å². The molecule has 1 aliphatic rings. The fourth-order valence-corrected chi connectivity index (χ4v) is 4.36. The smallest absolute Gasteiger partial charge is 0.410 e. The van der Waals surface area contributed by atoms with E-state index in [-0.39, 0.29) is 24.9 Å². The van der Waals surface area contributed by atoms with Crippen LogP contribution in [0.2, 0.25) is 10.0 Å². The van der Waals surface area contributed by atoms with E-state index < -0.39 is 17.7 Å². The van der Waals surface area contributed by atoms with Crippen molar-refractivity contribution in [1.29, 1.82) is 0 Å². The van der Waals surface area contributed by atoms with E-state index in [2.05, 4.69) is 0 Å². The number of halogens is 3. The van der Waals surface area contributed by atoms with Gasteiger partial charge in [-0.25, -0.2) is 14.0 Å². The molecule has 1 atom stereocenters. The van der Waals surface area contributed by atoms with Crippen molar-refractivity contribution in [3.63, 3.8) is 0 Å². The van der Waals surface area contributed by atoms with E-state index in [4.69, 9.17) is 27.9 Å². The van der Waals surface area contributed by atoms with Crippen LogP contribution < -0.4 is 0 Å². The summed E-state index contributed by atoms with van der Waals surface area (Å²) in [6.07, 6.45) is -0.441. The largest absolute Gasteiger partial charge is 0.444 e. The van der Waals surface area contributed by atoms with Crippen molar-refractivity contribution in [1.82, 2.24) is 14.7 Å². The third kappa shape index (κ3) is 6.33. The molecule has 2 aromatic carbocycles. The number of carbonyl (C=O) groups is 2. The van der Waals surface area contributed by atoms with E-state index in [9.17, 15) is 14.0 Å². The number of rotatable bonds is 3. The number of aryl methyl sites for hydroxylation is 1. The van der Waals surface area contributed by atoms with Crippen LogP contribution in [0.25, 0.3) is 0 Å². The molecule has 0 aromatic heterocycles. The predicted molar refractivity (Wildman–Crippen MR) is 132 cm³/mol. The highest BCUT2D eigenvalue weighted by Gasteiger charge is 2.37. The highest BCUT2D eigenvalue weighted by Crippen LogP contribution is 2.31. The SMILES string of the molecule is Cc1cc(F)ccc1[C@H]1CN(C(=O)OC(C)(C)C)CCN1C(=O)N(C)Cc1cc(Cl)ccc1Cl. The average molecular weight is 510 g/mol. The number of carbonyl (C=O) groups excluding carboxylic acids is 2. The molecule has 1 fully saturated rings. The lowest BCUT2D eigenvalue weighted by atomic mass is 9.97. The fourth-order valence-electron chi connectivity index (χ4n) is 3.99. The molecule has 0 N–H and O–H groups in total. The Balaban J connectivity index is 1.87. The van der Waals surface area contributed by atoms with Crippen molar-refractivity contribution in [2.75, 3.05) is 26.7 Å². The average Bonchev–Trinajstić information content (AvgIpc) is 2.74. The van der Waals surface area contributed by atoms with Gasteiger partial charge in [-0.15, -0.1) is 0 Å². The maximum atomic E-state index is 13.8. The summed E-state index contributed by atoms with van der Waals surface area (Å²) in [7, 11) is 1.69. The Labute approximate surface area is 210 Å². The summed E-state index contributed by atoms with van der Waals surface area (Å²) in [5.74, 6) is -0.355. The molecular weight excluding hydrogens is 480 g/mol. The van der Waals surface area contributed by atoms with Crippen LogP contribution in [-0.2, 0) is 11.3 Å². The molecule has 0 unspecified atom stereocenters. The second-order valence-electron chi connectivity index (χ2n) is 9.51. The zero-order valence-electron chi connectivity index (χ0n) is 20.1. The lowest BCUT2D eigenvalue weighted by Gasteiger charge is -2.43. The van der Waals surface area contributed by atoms with E-state index in [1.807, 2.05) is 20.8 Å². The van der Waals surface area contributed by atoms with E-state index in [1.54, 1.807) is 52.9 Å². The first-order valence-electron chi connectivity index (χ1n) is 11.1. The maximum Gasteiger partial charge on any atom is 0.410 e. The van der Waals surface area contributed by atoms with Crippen molar-refractivity contribution in [2.24, 2.45) is 0 Å². The molecule has 3 amide bonds. The molecule has 1 saturated heterocycles. The summed E-state index contributed by atoms with van der Waals surface area (Å²) in [5, 5.41) is 1.05. The van der Waals surface area contributed by atoms with Gasteiger partial charge in [0.2, 0.25) is 0 Å². The van der Waals surface area contributed by atoms with Gasteiger partial charge in [0.15, 0.2) is 0 Å². The van der Waals surface area contributed by atoms with Gasteiger partial charge in [-0.1, -0.05) is 29.3 Å². The maximum absolute atomic E-state index is 13.8. The van der Waals surface area contributed by atoms with Crippen molar-refractivity contribution >= 4 is 35.3 Å². The Hall–Kier alpha value is -2.51. The fraction of sp³-hybridized carbons (Fsp3) is 0.440. The second kappa shape index (κ2) is 10.4. The topological polar surface area (TPSA) is 53.1 Å². The molecule has 1 heterocycles. The number of urea groups is 1. The molecule has 0 bridgehead atoms. The summed E-state index contributed by atoms with van der Waals surface area (Å²) in [6.45, 7) is 8.34. The summed E-state index contributed by atoms with van der Waals surface area (Å²) in [4.78, 5) is 31.1. The molecular formula is C25H30Cl2FN3O3. The van der Waals surface area contributed by atoms with Gasteiger partial charge in [0, 0.05) is 43.3 Å². The minimum absolute atomic E-state index is 0.228. The zero-order chi connectivity index (χ0) is 25.2. The van der Waals surface area contributed by atoms with Crippen molar-refractivity contribution < 1.29 is 18.7 Å². The van der Waals surface area contributed by atoms with Crippen LogP contribution in [0.4, 0.5) is 14.0 Å². The van der Waals surface area contributed by atoms with Gasteiger partial charge in [-0.2, -0.15) is 0 Å². The first kappa shape index (κ1) is 26.1. The molecule has 184 valence electrons. The lowest BCUT2D eigenvalue weighted by molar-refractivity contribution is 0.00675. The van der Waals surface area contributed by atoms with Gasteiger partial charge in [-0.3, -0.25) is 0 Å². The van der Waals surface area contributed by atoms with Gasteiger partial charge in [0.05, 0.1) is 6.04 Å². The second-order valence-corrected chi connectivity index (χ2v) is 10.4. The van der Waals surface area contributed by atoms with Crippen LogP contribution in [0.15, 0.2) is 36.4 Å². The molecule has 34 heavy (non-hydrogen) atoms. The van der Waals surface area contributed by atoms with E-state index in [1.165, 1.54) is 12.1 Å². The summed E-state index contributed by atoms with van der Waals surface area (Å²) < 4.78 is 19.3. The Bertz CT molecular complexity index is 1070. The summed E-state index contributed by atoms with van der Waals surface area (Å²) >= 11 is 12.4. The van der Waals surface area contributed by atoms with Crippen LogP contribution in [0, 0.1) is 12.7 Å². The minimum Gasteiger partial charge on any atom is -0.444 e. The van der Waals surface area contributed by atoms with Crippen LogP contribution in [0.1, 0.15) is 43.5 Å². The van der Waals surface area contributed by atoms with Crippen molar-refractivity contribution in [2.45, 2.75) is 45.9 Å². The molecule has 2 aromatic rings. The summed E-state index contributed by atoms with van der Waals surface area (Å²) in [6, 6.07) is 8.89. The molecule has 1 aliphatic heterocycles. The number of amides is 3. The van der Waals surface area contributed by atoms with Crippen LogP contribution >= 0.6 is 23.2 Å². The number of nitrogens with zero attached hydrogens (tertiary/aromatic N) is 3. The third-order valence-electron chi connectivity index (χ3n) is 5.61. The molecule has 0 radical (unpaired) electrons. The minimum atomic E-state index is -0.637. The number of hydrogen-bond donors (Lipinski definition) is 0. The Kier molecular flexibility index (Phi) is 7.98. The highest BCUT2D eigenvalue weighted by molar-refractivity contribution is 6.33. The summed E-state index contributed by atoms with van der Waals surface area (Å²) in [5.41, 5.74) is 1.57. The Morgan fingerprint density at radius 2 is 1.85 bits per heavy atom. The van der Waals surface area contributed by atoms with Crippen LogP contribution in [0.5, 0.6) is 0 Å².